The second-order valence-corrected chi connectivity index (χ2v) is 35.4. The lowest BCUT2D eigenvalue weighted by Gasteiger charge is -2.55. The highest BCUT2D eigenvalue weighted by Crippen LogP contribution is 2.44. The molecule has 2 aliphatic carbocycles. The molecule has 8 N–H and O–H groups in total. The smallest absolute Gasteiger partial charge is 0.320 e. The molecule has 10 aromatic rings. The number of allylic oxidation sites excluding steroid dienone is 2. The maximum atomic E-state index is 15.0. The maximum Gasteiger partial charge on any atom is 0.320 e. The summed E-state index contributed by atoms with van der Waals surface area (Å²) in [7, 11) is -1.96. The Morgan fingerprint density at radius 2 is 1.09 bits per heavy atom. The van der Waals surface area contributed by atoms with Gasteiger partial charge >= 0.3 is 6.03 Å². The van der Waals surface area contributed by atoms with Crippen LogP contribution >= 0.6 is 0 Å². The van der Waals surface area contributed by atoms with E-state index in [9.17, 15) is 40.0 Å². The van der Waals surface area contributed by atoms with Crippen molar-refractivity contribution in [3.05, 3.63) is 178 Å². The van der Waals surface area contributed by atoms with Crippen molar-refractivity contribution in [2.75, 3.05) is 124 Å². The number of hydrogen-bond acceptors (Lipinski definition) is 26. The fourth-order valence-electron chi connectivity index (χ4n) is 16.0. The summed E-state index contributed by atoms with van der Waals surface area (Å²) in [6, 6.07) is 13.7. The minimum absolute atomic E-state index is 0.0356. The predicted molar refractivity (Wildman–Crippen MR) is 455 cm³/mol. The van der Waals surface area contributed by atoms with Crippen LogP contribution in [-0.2, 0) is 53.9 Å². The molecule has 8 aromatic heterocycles. The van der Waals surface area contributed by atoms with E-state index >= 15 is 0 Å². The van der Waals surface area contributed by atoms with Crippen LogP contribution in [0.3, 0.4) is 0 Å². The van der Waals surface area contributed by atoms with E-state index in [0.717, 1.165) is 145 Å². The summed E-state index contributed by atoms with van der Waals surface area (Å²) in [5.74, 6) is 0.736. The molecule has 4 saturated heterocycles. The molecule has 36 heteroatoms. The first-order valence-corrected chi connectivity index (χ1v) is 43.6. The predicted octanol–water partition coefficient (Wildman–Crippen LogP) is 10.7. The van der Waals surface area contributed by atoms with E-state index in [4.69, 9.17) is 14.5 Å². The number of fused-ring (bicyclic) bond motifs is 3. The van der Waals surface area contributed by atoms with Gasteiger partial charge in [-0.25, -0.2) is 75.3 Å². The zero-order chi connectivity index (χ0) is 85.1. The number of ether oxygens (including phenoxy) is 2. The Balaban J connectivity index is 0.000000150. The monoisotopic (exact) mass is 1680 g/mol. The summed E-state index contributed by atoms with van der Waals surface area (Å²) in [6.07, 6.45) is 24.6. The Hall–Kier alpha value is -11.7. The van der Waals surface area contributed by atoms with Crippen molar-refractivity contribution in [2.24, 2.45) is 12.5 Å². The van der Waals surface area contributed by atoms with Crippen molar-refractivity contribution in [1.29, 1.82) is 0 Å². The van der Waals surface area contributed by atoms with Crippen molar-refractivity contribution < 1.29 is 49.5 Å². The number of benzene rings is 2. The molecule has 0 radical (unpaired) electrons. The third kappa shape index (κ3) is 18.5. The van der Waals surface area contributed by atoms with Crippen molar-refractivity contribution in [3.8, 4) is 17.1 Å². The second kappa shape index (κ2) is 35.7. The fourth-order valence-corrected chi connectivity index (χ4v) is 17.6. The van der Waals surface area contributed by atoms with E-state index in [1.54, 1.807) is 61.4 Å². The van der Waals surface area contributed by atoms with Crippen LogP contribution in [0.5, 0.6) is 5.88 Å². The largest absolute Gasteiger partial charge is 0.478 e. The summed E-state index contributed by atoms with van der Waals surface area (Å²) in [6.45, 7) is 22.8. The summed E-state index contributed by atoms with van der Waals surface area (Å²) in [5.41, 5.74) is 12.5. The first kappa shape index (κ1) is 84.8. The lowest BCUT2D eigenvalue weighted by molar-refractivity contribution is -0.130. The molecule has 16 rings (SSSR count). The number of carbonyl (C=O) groups is 3. The highest BCUT2D eigenvalue weighted by molar-refractivity contribution is 7.91. The number of hydrogen-bond donors (Lipinski definition) is 8. The summed E-state index contributed by atoms with van der Waals surface area (Å²) < 4.78 is 90.2. The topological polar surface area (TPSA) is 385 Å². The summed E-state index contributed by atoms with van der Waals surface area (Å²) in [4.78, 5) is 91.4. The molecule has 4 amide bonds. The van der Waals surface area contributed by atoms with Crippen LogP contribution in [0.4, 0.5) is 65.9 Å². The van der Waals surface area contributed by atoms with Gasteiger partial charge in [-0.1, -0.05) is 38.1 Å². The zero-order valence-corrected chi connectivity index (χ0v) is 70.7. The number of aromatic nitrogens is 12. The van der Waals surface area contributed by atoms with Crippen LogP contribution in [0, 0.1) is 37.8 Å². The van der Waals surface area contributed by atoms with Gasteiger partial charge in [0.25, 0.3) is 5.88 Å². The minimum atomic E-state index is -3.75. The van der Waals surface area contributed by atoms with Gasteiger partial charge in [-0.2, -0.15) is 0 Å². The first-order valence-electron chi connectivity index (χ1n) is 39.9. The number of anilines is 9. The number of H-pyrrole nitrogens is 1. The van der Waals surface area contributed by atoms with Gasteiger partial charge < -0.3 is 51.3 Å². The lowest BCUT2D eigenvalue weighted by atomic mass is 9.71. The van der Waals surface area contributed by atoms with Gasteiger partial charge in [0.05, 0.1) is 78.6 Å². The number of carbonyl (C=O) groups excluding carboxylic acids is 3. The number of pyridine rings is 3. The molecular weight excluding hydrogens is 1580 g/mol. The number of aromatic amines is 1. The average Bonchev–Trinajstić information content (AvgIpc) is 1.05. The highest BCUT2D eigenvalue weighted by atomic mass is 32.2. The second-order valence-electron chi connectivity index (χ2n) is 31.4. The van der Waals surface area contributed by atoms with E-state index < -0.39 is 41.1 Å². The minimum Gasteiger partial charge on any atom is -0.478 e. The van der Waals surface area contributed by atoms with Gasteiger partial charge in [-0.05, 0) is 169 Å². The molecule has 2 aromatic carbocycles. The molecule has 2 atom stereocenters. The van der Waals surface area contributed by atoms with Gasteiger partial charge in [-0.3, -0.25) is 34.3 Å². The average molecular weight is 1680 g/mol. The maximum absolute atomic E-state index is 15.0. The van der Waals surface area contributed by atoms with Crippen molar-refractivity contribution in [3.63, 3.8) is 0 Å². The molecule has 630 valence electrons. The number of nitrogens with one attached hydrogen (secondary N) is 8. The highest BCUT2D eigenvalue weighted by Gasteiger charge is 2.48. The lowest BCUT2D eigenvalue weighted by Crippen LogP contribution is -2.64. The molecule has 32 nitrogen and oxygen atoms in total. The number of methoxy groups -OCH3 is 1. The zero-order valence-electron chi connectivity index (χ0n) is 69.0. The van der Waals surface area contributed by atoms with Gasteiger partial charge in [0.2, 0.25) is 29.7 Å². The normalized spacial score (nSPS) is 16.6. The third-order valence-corrected chi connectivity index (χ3v) is 24.7. The Morgan fingerprint density at radius 1 is 0.608 bits per heavy atom. The van der Waals surface area contributed by atoms with Crippen molar-refractivity contribution in [1.82, 2.24) is 84.5 Å². The standard InChI is InChI=1S/C31H37FN8O3S.C31H36FN7O4S.C22H26N8O2/c1-5-23(40-17-31(18-40)10-13-39(3)14-11-31)29(41)38-28-27-20(9-12-33-28)21(16-34-27)26-19(2)15-35-30(37-26)36-22-7-6-8-24(25(22)32)44(4,42)43;1-4-25(39-14-12-38(13-15-39)20-17-43-18-20)30(40)37-29-23-9-8-22(21(23)10-11-33-29)28-19(2)16-34-31(36-28)35-24-6-5-7-26(27(24)32)44(3,41)42;1-12(2)25-22(31)28-19-16-7-6-15(14(16)8-9-23-19)18-13(3)10-24-21(27-18)26-17-11-30(4)29-20(17)32-5/h6-9,12,15-16,23,34H,5,10-11,13-14,17-18H2,1-4H3,(H,33,38,41)(H,35,36,37);5-8,10-11,16,20,25H,4,9,12-15,17-18H2,1-3H3,(H,33,37,40)(H,34,35,36);6,8-12H,7H2,1-5H3,(H,24,26,27)(H2,23,25,28,31). The number of nitrogens with zero attached hydrogens (tertiary/aromatic N) is 15. The van der Waals surface area contributed by atoms with Crippen LogP contribution < -0.4 is 42.0 Å². The Morgan fingerprint density at radius 3 is 1.59 bits per heavy atom. The number of sulfone groups is 2. The number of urea groups is 1. The van der Waals surface area contributed by atoms with Gasteiger partial charge in [0.1, 0.15) is 27.1 Å². The Bertz CT molecular complexity index is 5860. The molecule has 12 heterocycles. The number of amides is 4. The molecular formula is C84H99F2N23O9S2. The fraction of sp³-hybridized carbons (Fsp3) is 0.393. The molecule has 6 aliphatic rings. The molecule has 2 unspecified atom stereocenters. The number of piperazine rings is 1. The Labute approximate surface area is 695 Å². The molecule has 4 fully saturated rings. The first-order chi connectivity index (χ1) is 57.5. The quantitative estimate of drug-likeness (QED) is 0.0295. The van der Waals surface area contributed by atoms with Crippen LogP contribution in [0.1, 0.15) is 104 Å². The SMILES string of the molecule is CCC(C(=O)Nc1nccc2c(-c3nc(Nc4cccc(S(C)(=O)=O)c4F)ncc3C)c[nH]c12)N1CC2(CCN(C)CC2)C1.CCC(C(=O)Nc1nccc2c1CC=C2c1nc(Nc2cccc(S(C)(=O)=O)c2F)ncc1C)N1CCN(C2COC2)CC1.COc1nn(C)cc1Nc1ncc(C)c(C2=CCc3c2ccnc3NC(=O)NC(C)C)n1. The molecule has 1 spiro atoms. The number of piperidine rings is 1. The number of rotatable bonds is 23. The molecule has 0 saturated carbocycles. The summed E-state index contributed by atoms with van der Waals surface area (Å²) in [5, 5.41) is 25.7. The number of halogens is 2. The van der Waals surface area contributed by atoms with E-state index in [1.807, 2.05) is 79.8 Å². The van der Waals surface area contributed by atoms with E-state index in [0.29, 0.717) is 89.0 Å². The van der Waals surface area contributed by atoms with E-state index in [1.165, 1.54) is 49.2 Å². The van der Waals surface area contributed by atoms with Crippen LogP contribution in [0.2, 0.25) is 0 Å². The Kier molecular flexibility index (Phi) is 25.2. The van der Waals surface area contributed by atoms with E-state index in [-0.39, 0.29) is 59.2 Å². The molecule has 0 bridgehead atoms. The molecule has 120 heavy (non-hydrogen) atoms. The van der Waals surface area contributed by atoms with Gasteiger partial charge in [-0.15, -0.1) is 5.10 Å². The van der Waals surface area contributed by atoms with Gasteiger partial charge in [0.15, 0.2) is 37.1 Å². The van der Waals surface area contributed by atoms with Crippen LogP contribution in [0.25, 0.3) is 33.3 Å². The number of aryl methyl sites for hydroxylation is 4. The van der Waals surface area contributed by atoms with Crippen LogP contribution in [0.15, 0.2) is 126 Å². The molecule has 4 aliphatic heterocycles. The van der Waals surface area contributed by atoms with Gasteiger partial charge in [0, 0.05) is 141 Å². The number of likely N-dealkylation sites (tertiary alicyclic amines) is 2. The summed E-state index contributed by atoms with van der Waals surface area (Å²) >= 11 is 0. The van der Waals surface area contributed by atoms with Crippen LogP contribution in [-0.4, -0.2) is 230 Å². The van der Waals surface area contributed by atoms with Crippen molar-refractivity contribution >= 4 is 112 Å². The van der Waals surface area contributed by atoms with Crippen molar-refractivity contribution in [2.45, 2.75) is 121 Å². The van der Waals surface area contributed by atoms with E-state index in [2.05, 4.69) is 120 Å². The third-order valence-electron chi connectivity index (χ3n) is 22.5.